The summed E-state index contributed by atoms with van der Waals surface area (Å²) in [7, 11) is 0. The molecule has 65 heavy (non-hydrogen) atoms. The molecule has 5 rings (SSSR count). The van der Waals surface area contributed by atoms with Crippen molar-refractivity contribution in [2.45, 2.75) is 84.7 Å². The van der Waals surface area contributed by atoms with E-state index < -0.39 is 59.4 Å². The summed E-state index contributed by atoms with van der Waals surface area (Å²) in [5.41, 5.74) is 13.6. The van der Waals surface area contributed by atoms with Gasteiger partial charge in [-0.05, 0) is 106 Å². The standard InChI is InChI=1S/C42H51ClN14O8/c1-20(2)32(52-41(64)65-42(4,5)6)38(61)48-21(3)35(58)49-25-14-15-26(27(18-25)34-54-56-57-55-34)37(60)46-17-7-8-29(39(62)63)50-36(59)22-9-12-24(13-10-22)47-19-23-11-16-28-30(31(23)43)33(44)53-40(45)51-28/h9-16,18,20-21,29,32,47H,7-8,17,19H2,1-6H3,(H,46,60)(H,48,61)(H,49,58)(H,50,59)(H,52,64)(H,62,63)(H4,44,45,51,53)(H,54,55,56,57)/t21-,29-,32-/m0/s1. The summed E-state index contributed by atoms with van der Waals surface area (Å²) >= 11 is 6.59. The lowest BCUT2D eigenvalue weighted by molar-refractivity contribution is -0.139. The summed E-state index contributed by atoms with van der Waals surface area (Å²) in [6.07, 6.45) is -0.614. The Morgan fingerprint density at radius 2 is 1.58 bits per heavy atom. The highest BCUT2D eigenvalue weighted by Gasteiger charge is 2.29. The second-order valence-electron chi connectivity index (χ2n) is 16.2. The Kier molecular flexibility index (Phi) is 15.8. The molecule has 3 aromatic carbocycles. The van der Waals surface area contributed by atoms with Gasteiger partial charge < -0.3 is 53.2 Å². The second kappa shape index (κ2) is 21.2. The molecule has 12 N–H and O–H groups in total. The Hall–Kier alpha value is -7.62. The molecule has 2 heterocycles. The van der Waals surface area contributed by atoms with Gasteiger partial charge in [0.2, 0.25) is 23.6 Å². The van der Waals surface area contributed by atoms with Gasteiger partial charge in [0.05, 0.1) is 21.5 Å². The number of carboxylic acid groups (broad SMARTS) is 1. The number of aliphatic carboxylic acids is 1. The number of tetrazole rings is 1. The van der Waals surface area contributed by atoms with Gasteiger partial charge in [0.1, 0.15) is 29.5 Å². The van der Waals surface area contributed by atoms with E-state index in [0.29, 0.717) is 28.2 Å². The number of rotatable bonds is 18. The van der Waals surface area contributed by atoms with Crippen LogP contribution >= 0.6 is 11.6 Å². The lowest BCUT2D eigenvalue weighted by Gasteiger charge is -2.26. The van der Waals surface area contributed by atoms with Crippen LogP contribution in [0.25, 0.3) is 22.3 Å². The Balaban J connectivity index is 1.13. The quantitative estimate of drug-likeness (QED) is 0.0561. The number of anilines is 4. The van der Waals surface area contributed by atoms with Crippen molar-refractivity contribution < 1.29 is 38.6 Å². The van der Waals surface area contributed by atoms with Crippen LogP contribution in [0, 0.1) is 5.92 Å². The molecule has 5 amide bonds. The maximum Gasteiger partial charge on any atom is 0.408 e. The van der Waals surface area contributed by atoms with E-state index in [0.717, 1.165) is 5.56 Å². The zero-order valence-corrected chi connectivity index (χ0v) is 37.2. The summed E-state index contributed by atoms with van der Waals surface area (Å²) in [6.45, 7) is 10.4. The van der Waals surface area contributed by atoms with Crippen molar-refractivity contribution in [3.05, 3.63) is 76.3 Å². The fraction of sp³-hybridized carbons (Fsp3) is 0.357. The first-order valence-electron chi connectivity index (χ1n) is 20.3. The number of nitrogens with one attached hydrogen (secondary N) is 7. The fourth-order valence-electron chi connectivity index (χ4n) is 6.32. The molecule has 22 nitrogen and oxygen atoms in total. The van der Waals surface area contributed by atoms with Crippen LogP contribution in [0.2, 0.25) is 5.02 Å². The van der Waals surface area contributed by atoms with Crippen LogP contribution in [-0.2, 0) is 25.7 Å². The lowest BCUT2D eigenvalue weighted by Crippen LogP contribution is -2.54. The number of nitrogen functional groups attached to an aromatic ring is 2. The average molecular weight is 915 g/mol. The zero-order chi connectivity index (χ0) is 47.6. The molecule has 0 unspecified atom stereocenters. The number of carbonyl (C=O) groups is 6. The van der Waals surface area contributed by atoms with Gasteiger partial charge in [0.25, 0.3) is 11.8 Å². The number of carboxylic acids is 1. The summed E-state index contributed by atoms with van der Waals surface area (Å²) in [4.78, 5) is 85.3. The van der Waals surface area contributed by atoms with Crippen molar-refractivity contribution >= 4 is 81.3 Å². The van der Waals surface area contributed by atoms with Gasteiger partial charge in [0.15, 0.2) is 0 Å². The number of benzene rings is 3. The van der Waals surface area contributed by atoms with Crippen molar-refractivity contribution in [1.29, 1.82) is 0 Å². The molecule has 344 valence electrons. The van der Waals surface area contributed by atoms with Gasteiger partial charge in [-0.15, -0.1) is 10.2 Å². The van der Waals surface area contributed by atoms with E-state index in [4.69, 9.17) is 27.8 Å². The highest BCUT2D eigenvalue weighted by molar-refractivity contribution is 6.37. The number of amides is 5. The van der Waals surface area contributed by atoms with E-state index in [9.17, 15) is 33.9 Å². The van der Waals surface area contributed by atoms with Crippen molar-refractivity contribution in [2.24, 2.45) is 5.92 Å². The van der Waals surface area contributed by atoms with Gasteiger partial charge in [-0.1, -0.05) is 31.5 Å². The van der Waals surface area contributed by atoms with E-state index in [1.165, 1.54) is 25.1 Å². The average Bonchev–Trinajstić information content (AvgIpc) is 3.78. The van der Waals surface area contributed by atoms with E-state index in [2.05, 4.69) is 62.5 Å². The third-order valence-electron chi connectivity index (χ3n) is 9.61. The molecule has 0 radical (unpaired) electrons. The molecule has 0 saturated heterocycles. The van der Waals surface area contributed by atoms with Crippen LogP contribution in [0.15, 0.2) is 54.6 Å². The zero-order valence-electron chi connectivity index (χ0n) is 36.4. The Morgan fingerprint density at radius 3 is 2.23 bits per heavy atom. The molecule has 23 heteroatoms. The summed E-state index contributed by atoms with van der Waals surface area (Å²) in [5.74, 6) is -3.71. The highest BCUT2D eigenvalue weighted by Crippen LogP contribution is 2.31. The van der Waals surface area contributed by atoms with Gasteiger partial charge in [0, 0.05) is 35.6 Å². The number of H-pyrrole nitrogens is 1. The maximum atomic E-state index is 13.4. The highest BCUT2D eigenvalue weighted by atomic mass is 35.5. The first-order chi connectivity index (χ1) is 30.7. The minimum absolute atomic E-state index is 0.0119. The predicted octanol–water partition coefficient (Wildman–Crippen LogP) is 3.63. The van der Waals surface area contributed by atoms with E-state index in [1.54, 1.807) is 71.0 Å². The molecule has 0 spiro atoms. The Morgan fingerprint density at radius 1 is 0.877 bits per heavy atom. The Bertz CT molecular complexity index is 2550. The molecule has 0 aliphatic heterocycles. The maximum absolute atomic E-state index is 13.4. The van der Waals surface area contributed by atoms with Crippen LogP contribution in [-0.4, -0.2) is 102 Å². The van der Waals surface area contributed by atoms with Crippen molar-refractivity contribution in [1.82, 2.24) is 51.9 Å². The van der Waals surface area contributed by atoms with E-state index in [1.807, 2.05) is 0 Å². The Labute approximate surface area is 377 Å². The monoisotopic (exact) mass is 914 g/mol. The molecule has 3 atom stereocenters. The molecule has 0 aliphatic carbocycles. The molecule has 0 fully saturated rings. The summed E-state index contributed by atoms with van der Waals surface area (Å²) in [6, 6.07) is 11.0. The lowest BCUT2D eigenvalue weighted by atomic mass is 10.0. The normalized spacial score (nSPS) is 12.7. The topological polar surface area (TPSA) is 336 Å². The number of ether oxygens (including phenoxy) is 1. The SMILES string of the molecule is CC(C)[C@H](NC(=O)OC(C)(C)C)C(=O)N[C@@H](C)C(=O)Nc1ccc(C(=O)NCCC[C@H](NC(=O)c2ccc(NCc3ccc4nc(N)nc(N)c4c3Cl)cc2)C(=O)O)c(-c2nn[nH]n2)c1. The van der Waals surface area contributed by atoms with Crippen LogP contribution < -0.4 is 43.4 Å². The van der Waals surface area contributed by atoms with Gasteiger partial charge in [-0.3, -0.25) is 19.2 Å². The number of fused-ring (bicyclic) bond motifs is 1. The third kappa shape index (κ3) is 13.2. The van der Waals surface area contributed by atoms with Crippen LogP contribution in [0.1, 0.15) is 80.7 Å². The van der Waals surface area contributed by atoms with Crippen molar-refractivity contribution in [3.8, 4) is 11.4 Å². The van der Waals surface area contributed by atoms with E-state index >= 15 is 0 Å². The molecule has 0 aliphatic rings. The first-order valence-corrected chi connectivity index (χ1v) is 20.7. The number of aromatic nitrogens is 6. The predicted molar refractivity (Wildman–Crippen MR) is 241 cm³/mol. The first kappa shape index (κ1) is 48.4. The molecule has 0 saturated carbocycles. The smallest absolute Gasteiger partial charge is 0.408 e. The van der Waals surface area contributed by atoms with Gasteiger partial charge in [-0.2, -0.15) is 10.2 Å². The van der Waals surface area contributed by atoms with Crippen molar-refractivity contribution in [2.75, 3.05) is 28.6 Å². The number of hydrogen-bond donors (Lipinski definition) is 10. The molecule has 0 bridgehead atoms. The number of aromatic amines is 1. The van der Waals surface area contributed by atoms with Crippen LogP contribution in [0.4, 0.5) is 27.9 Å². The number of nitrogens with zero attached hydrogens (tertiary/aromatic N) is 5. The number of hydrogen-bond acceptors (Lipinski definition) is 15. The van der Waals surface area contributed by atoms with E-state index in [-0.39, 0.29) is 65.3 Å². The molecule has 5 aromatic rings. The summed E-state index contributed by atoms with van der Waals surface area (Å²) < 4.78 is 5.27. The largest absolute Gasteiger partial charge is 0.480 e. The van der Waals surface area contributed by atoms with Crippen LogP contribution in [0.5, 0.6) is 0 Å². The number of carbonyl (C=O) groups excluding carboxylic acids is 5. The molecular formula is C42H51ClN14O8. The minimum atomic E-state index is -1.26. The van der Waals surface area contributed by atoms with Crippen LogP contribution in [0.3, 0.4) is 0 Å². The summed E-state index contributed by atoms with van der Waals surface area (Å²) in [5, 5.41) is 40.9. The second-order valence-corrected chi connectivity index (χ2v) is 16.6. The minimum Gasteiger partial charge on any atom is -0.480 e. The fourth-order valence-corrected chi connectivity index (χ4v) is 6.64. The van der Waals surface area contributed by atoms with Gasteiger partial charge in [-0.25, -0.2) is 14.6 Å². The third-order valence-corrected chi connectivity index (χ3v) is 10.0. The number of halogens is 1. The van der Waals surface area contributed by atoms with Crippen molar-refractivity contribution in [3.63, 3.8) is 0 Å². The number of alkyl carbamates (subject to hydrolysis) is 1. The number of nitrogens with two attached hydrogens (primary N) is 2. The molecular weight excluding hydrogens is 864 g/mol. The molecule has 2 aromatic heterocycles. The van der Waals surface area contributed by atoms with Gasteiger partial charge >= 0.3 is 12.1 Å².